The Hall–Kier alpha value is -1.24. The van der Waals surface area contributed by atoms with Crippen molar-refractivity contribution in [2.75, 3.05) is 26.7 Å². The zero-order valence-electron chi connectivity index (χ0n) is 14.0. The van der Waals surface area contributed by atoms with Gasteiger partial charge >= 0.3 is 0 Å². The van der Waals surface area contributed by atoms with Gasteiger partial charge in [-0.1, -0.05) is 6.42 Å². The molecule has 2 aliphatic rings. The predicted octanol–water partition coefficient (Wildman–Crippen LogP) is 3.88. The normalized spacial score (nSPS) is 25.5. The molecule has 0 aromatic carbocycles. The Labute approximate surface area is 151 Å². The number of aromatic nitrogens is 1. The first kappa shape index (κ1) is 16.2. The summed E-state index contributed by atoms with van der Waals surface area (Å²) in [5.41, 5.74) is 1.19. The fraction of sp³-hybridized carbons (Fsp3) is 0.556. The largest absolute Gasteiger partial charge is 0.338 e. The number of likely N-dealkylation sites (tertiary alicyclic amines) is 2. The van der Waals surface area contributed by atoms with Crippen molar-refractivity contribution in [3.05, 3.63) is 27.9 Å². The van der Waals surface area contributed by atoms with E-state index in [0.29, 0.717) is 5.91 Å². The van der Waals surface area contributed by atoms with Crippen LogP contribution in [0.2, 0.25) is 0 Å². The van der Waals surface area contributed by atoms with Gasteiger partial charge in [-0.2, -0.15) is 11.3 Å². The molecule has 2 aromatic heterocycles. The maximum Gasteiger partial charge on any atom is 0.227 e. The van der Waals surface area contributed by atoms with Crippen molar-refractivity contribution < 1.29 is 4.79 Å². The van der Waals surface area contributed by atoms with E-state index in [1.54, 1.807) is 22.7 Å². The number of hydrogen-bond donors (Lipinski definition) is 0. The van der Waals surface area contributed by atoms with Crippen molar-refractivity contribution >= 4 is 28.6 Å². The molecule has 2 saturated heterocycles. The molecule has 2 aromatic rings. The molecule has 0 radical (unpaired) electrons. The molecule has 0 N–H and O–H groups in total. The van der Waals surface area contributed by atoms with Gasteiger partial charge in [0.2, 0.25) is 5.91 Å². The second kappa shape index (κ2) is 6.94. The molecule has 2 fully saturated rings. The zero-order valence-corrected chi connectivity index (χ0v) is 15.6. The Morgan fingerprint density at radius 2 is 2.12 bits per heavy atom. The third-order valence-corrected chi connectivity index (χ3v) is 7.05. The van der Waals surface area contributed by atoms with Crippen LogP contribution >= 0.6 is 22.7 Å². The van der Waals surface area contributed by atoms with Crippen LogP contribution < -0.4 is 0 Å². The highest BCUT2D eigenvalue weighted by molar-refractivity contribution is 7.15. The molecule has 2 unspecified atom stereocenters. The minimum Gasteiger partial charge on any atom is -0.338 e. The van der Waals surface area contributed by atoms with Crippen LogP contribution in [0, 0.1) is 5.92 Å². The maximum absolute atomic E-state index is 12.7. The number of amides is 1. The van der Waals surface area contributed by atoms with Crippen LogP contribution in [0.3, 0.4) is 0 Å². The molecule has 24 heavy (non-hydrogen) atoms. The Kier molecular flexibility index (Phi) is 4.70. The van der Waals surface area contributed by atoms with E-state index in [1.165, 1.54) is 29.7 Å². The first-order chi connectivity index (χ1) is 11.7. The van der Waals surface area contributed by atoms with Crippen LogP contribution in [0.25, 0.3) is 10.6 Å². The highest BCUT2D eigenvalue weighted by Crippen LogP contribution is 2.40. The maximum atomic E-state index is 12.7. The van der Waals surface area contributed by atoms with Crippen molar-refractivity contribution in [3.63, 3.8) is 0 Å². The van der Waals surface area contributed by atoms with Gasteiger partial charge in [0, 0.05) is 35.6 Å². The number of carbonyl (C=O) groups excluding carboxylic acids is 1. The van der Waals surface area contributed by atoms with Gasteiger partial charge in [0.15, 0.2) is 0 Å². The monoisotopic (exact) mass is 361 g/mol. The second-order valence-electron chi connectivity index (χ2n) is 6.84. The van der Waals surface area contributed by atoms with Gasteiger partial charge in [0.1, 0.15) is 5.01 Å². The number of hydrogen-bond acceptors (Lipinski definition) is 5. The molecule has 0 saturated carbocycles. The minimum atomic E-state index is 0.143. The molecular weight excluding hydrogens is 338 g/mol. The van der Waals surface area contributed by atoms with Crippen molar-refractivity contribution in [1.82, 2.24) is 14.8 Å². The number of thiophene rings is 1. The van der Waals surface area contributed by atoms with Crippen LogP contribution in [0.1, 0.15) is 36.6 Å². The molecule has 2 atom stereocenters. The highest BCUT2D eigenvalue weighted by atomic mass is 32.1. The van der Waals surface area contributed by atoms with Crippen LogP contribution in [0.4, 0.5) is 0 Å². The van der Waals surface area contributed by atoms with Gasteiger partial charge in [-0.25, -0.2) is 4.98 Å². The Bertz CT molecular complexity index is 691. The number of piperidine rings is 1. The van der Waals surface area contributed by atoms with Gasteiger partial charge in [0.05, 0.1) is 12.0 Å². The Balaban J connectivity index is 1.47. The van der Waals surface area contributed by atoms with E-state index in [-0.39, 0.29) is 12.0 Å². The summed E-state index contributed by atoms with van der Waals surface area (Å²) in [4.78, 5) is 22.9. The van der Waals surface area contributed by atoms with Gasteiger partial charge in [-0.15, -0.1) is 11.3 Å². The van der Waals surface area contributed by atoms with E-state index in [9.17, 15) is 4.79 Å². The quantitative estimate of drug-likeness (QED) is 0.829. The first-order valence-electron chi connectivity index (χ1n) is 8.69. The number of rotatable bonds is 4. The molecule has 2 aliphatic heterocycles. The molecule has 4 heterocycles. The zero-order chi connectivity index (χ0) is 16.5. The fourth-order valence-electron chi connectivity index (χ4n) is 3.84. The second-order valence-corrected chi connectivity index (χ2v) is 8.68. The molecule has 0 spiro atoms. The molecule has 1 amide bonds. The van der Waals surface area contributed by atoms with E-state index in [4.69, 9.17) is 0 Å². The molecular formula is C18H23N3OS2. The summed E-state index contributed by atoms with van der Waals surface area (Å²) in [5.74, 6) is 0.445. The lowest BCUT2D eigenvalue weighted by Gasteiger charge is -2.28. The average Bonchev–Trinajstić information content (AvgIpc) is 3.33. The van der Waals surface area contributed by atoms with Crippen LogP contribution in [-0.2, 0) is 4.79 Å². The summed E-state index contributed by atoms with van der Waals surface area (Å²) in [6.07, 6.45) is 6.79. The van der Waals surface area contributed by atoms with Gasteiger partial charge in [-0.05, 0) is 43.8 Å². The minimum absolute atomic E-state index is 0.143. The fourth-order valence-corrected chi connectivity index (χ4v) is 5.63. The van der Waals surface area contributed by atoms with E-state index < -0.39 is 0 Å². The molecule has 6 heteroatoms. The summed E-state index contributed by atoms with van der Waals surface area (Å²) >= 11 is 3.42. The summed E-state index contributed by atoms with van der Waals surface area (Å²) in [6.45, 7) is 3.23. The smallest absolute Gasteiger partial charge is 0.227 e. The molecule has 4 nitrogen and oxygen atoms in total. The van der Waals surface area contributed by atoms with Crippen molar-refractivity contribution in [2.45, 2.75) is 31.7 Å². The molecule has 4 rings (SSSR count). The predicted molar refractivity (Wildman–Crippen MR) is 99.3 cm³/mol. The molecule has 0 bridgehead atoms. The lowest BCUT2D eigenvalue weighted by molar-refractivity contribution is -0.131. The SMILES string of the molecule is CN1C(=O)C(CN2CCCCC2)CC1c1cnc(-c2ccsc2)s1. The van der Waals surface area contributed by atoms with E-state index >= 15 is 0 Å². The van der Waals surface area contributed by atoms with E-state index in [1.807, 2.05) is 18.1 Å². The standard InChI is InChI=1S/C18H23N3OS2/c1-20-15(16-10-19-17(24-16)13-5-8-23-12-13)9-14(18(20)22)11-21-6-3-2-4-7-21/h5,8,10,12,14-15H,2-4,6-7,9,11H2,1H3. The van der Waals surface area contributed by atoms with E-state index in [0.717, 1.165) is 31.1 Å². The Morgan fingerprint density at radius 1 is 1.29 bits per heavy atom. The van der Waals surface area contributed by atoms with Gasteiger partial charge in [0.25, 0.3) is 0 Å². The van der Waals surface area contributed by atoms with Gasteiger partial charge in [-0.3, -0.25) is 4.79 Å². The summed E-state index contributed by atoms with van der Waals surface area (Å²) in [6, 6.07) is 2.30. The molecule has 0 aliphatic carbocycles. The lowest BCUT2D eigenvalue weighted by Crippen LogP contribution is -2.36. The number of thiazole rings is 1. The topological polar surface area (TPSA) is 36.4 Å². The summed E-state index contributed by atoms with van der Waals surface area (Å²) in [5, 5.41) is 5.27. The van der Waals surface area contributed by atoms with Crippen molar-refractivity contribution in [1.29, 1.82) is 0 Å². The van der Waals surface area contributed by atoms with Crippen LogP contribution in [0.15, 0.2) is 23.0 Å². The number of carbonyl (C=O) groups is 1. The van der Waals surface area contributed by atoms with Crippen molar-refractivity contribution in [2.24, 2.45) is 5.92 Å². The van der Waals surface area contributed by atoms with Gasteiger partial charge < -0.3 is 9.80 Å². The summed E-state index contributed by atoms with van der Waals surface area (Å²) < 4.78 is 0. The Morgan fingerprint density at radius 3 is 2.88 bits per heavy atom. The number of nitrogens with zero attached hydrogens (tertiary/aromatic N) is 3. The summed E-state index contributed by atoms with van der Waals surface area (Å²) in [7, 11) is 1.95. The highest BCUT2D eigenvalue weighted by Gasteiger charge is 2.39. The average molecular weight is 362 g/mol. The van der Waals surface area contributed by atoms with Crippen molar-refractivity contribution in [3.8, 4) is 10.6 Å². The van der Waals surface area contributed by atoms with Crippen LogP contribution in [0.5, 0.6) is 0 Å². The third-order valence-electron chi connectivity index (χ3n) is 5.22. The third kappa shape index (κ3) is 3.15. The van der Waals surface area contributed by atoms with E-state index in [2.05, 4.69) is 26.7 Å². The first-order valence-corrected chi connectivity index (χ1v) is 10.5. The molecule has 128 valence electrons. The van der Waals surface area contributed by atoms with Crippen LogP contribution in [-0.4, -0.2) is 47.4 Å². The lowest BCUT2D eigenvalue weighted by atomic mass is 10.0.